The number of amides is 1. The number of rotatable bonds is 5. The van der Waals surface area contributed by atoms with Crippen LogP contribution in [-0.2, 0) is 11.2 Å². The number of hydrogen-bond acceptors (Lipinski definition) is 4. The van der Waals surface area contributed by atoms with Gasteiger partial charge in [0.25, 0.3) is 5.91 Å². The van der Waals surface area contributed by atoms with Crippen LogP contribution < -0.4 is 10.2 Å². The van der Waals surface area contributed by atoms with Crippen LogP contribution in [0.2, 0.25) is 0 Å². The van der Waals surface area contributed by atoms with Crippen molar-refractivity contribution in [3.05, 3.63) is 74.1 Å². The van der Waals surface area contributed by atoms with Crippen LogP contribution in [0.15, 0.2) is 53.2 Å². The van der Waals surface area contributed by atoms with Crippen LogP contribution >= 0.6 is 22.7 Å². The first-order valence-electron chi connectivity index (χ1n) is 8.97. The molecule has 1 aromatic carbocycles. The van der Waals surface area contributed by atoms with E-state index in [-0.39, 0.29) is 17.7 Å². The molecule has 138 valence electrons. The second-order valence-electron chi connectivity index (χ2n) is 6.76. The maximum Gasteiger partial charge on any atom is 0.279 e. The van der Waals surface area contributed by atoms with Crippen molar-refractivity contribution in [1.82, 2.24) is 0 Å². The monoisotopic (exact) mass is 397 g/mol. The van der Waals surface area contributed by atoms with Gasteiger partial charge in [0.05, 0.1) is 11.4 Å². The maximum absolute atomic E-state index is 12.7. The van der Waals surface area contributed by atoms with E-state index < -0.39 is 0 Å². The zero-order chi connectivity index (χ0) is 18.8. The van der Waals surface area contributed by atoms with E-state index in [1.807, 2.05) is 11.3 Å². The van der Waals surface area contributed by atoms with Gasteiger partial charge in [0.1, 0.15) is 6.04 Å². The van der Waals surface area contributed by atoms with Gasteiger partial charge in [-0.25, -0.2) is 0 Å². The molecule has 0 radical (unpaired) electrons. The van der Waals surface area contributed by atoms with Gasteiger partial charge in [0.15, 0.2) is 12.3 Å². The lowest BCUT2D eigenvalue weighted by molar-refractivity contribution is -0.919. The molecule has 0 saturated heterocycles. The van der Waals surface area contributed by atoms with Crippen molar-refractivity contribution in [2.75, 3.05) is 18.4 Å². The van der Waals surface area contributed by atoms with Gasteiger partial charge in [-0.1, -0.05) is 6.07 Å². The minimum Gasteiger partial charge on any atom is -0.321 e. The van der Waals surface area contributed by atoms with Gasteiger partial charge in [-0.05, 0) is 54.1 Å². The SMILES string of the molecule is CC(=O)c1ccc(NC(=O)C[NH+]2CCc3sccc3[C@@H]2c2cccs2)cc1. The number of anilines is 1. The van der Waals surface area contributed by atoms with Gasteiger partial charge >= 0.3 is 0 Å². The molecule has 0 saturated carbocycles. The van der Waals surface area contributed by atoms with E-state index in [1.165, 1.54) is 27.1 Å². The van der Waals surface area contributed by atoms with Gasteiger partial charge in [-0.15, -0.1) is 22.7 Å². The van der Waals surface area contributed by atoms with E-state index in [0.29, 0.717) is 12.1 Å². The Morgan fingerprint density at radius 3 is 2.63 bits per heavy atom. The van der Waals surface area contributed by atoms with Crippen molar-refractivity contribution in [1.29, 1.82) is 0 Å². The average molecular weight is 398 g/mol. The van der Waals surface area contributed by atoms with Gasteiger partial charge in [-0.3, -0.25) is 9.59 Å². The molecule has 3 aromatic rings. The molecule has 0 aliphatic carbocycles. The Labute approximate surface area is 166 Å². The van der Waals surface area contributed by atoms with Crippen LogP contribution in [0.3, 0.4) is 0 Å². The molecule has 2 aromatic heterocycles. The number of ketones is 1. The molecule has 4 rings (SSSR count). The van der Waals surface area contributed by atoms with E-state index >= 15 is 0 Å². The Hall–Kier alpha value is -2.28. The number of quaternary nitrogens is 1. The van der Waals surface area contributed by atoms with E-state index in [1.54, 1.807) is 35.6 Å². The molecular formula is C21H21N2O2S2+. The first-order valence-corrected chi connectivity index (χ1v) is 10.7. The van der Waals surface area contributed by atoms with Gasteiger partial charge in [0, 0.05) is 28.1 Å². The molecular weight excluding hydrogens is 376 g/mol. The van der Waals surface area contributed by atoms with Crippen molar-refractivity contribution in [3.8, 4) is 0 Å². The van der Waals surface area contributed by atoms with Crippen LogP contribution in [0.1, 0.15) is 38.6 Å². The summed E-state index contributed by atoms with van der Waals surface area (Å²) < 4.78 is 0. The maximum atomic E-state index is 12.7. The second kappa shape index (κ2) is 7.76. The quantitative estimate of drug-likeness (QED) is 0.650. The molecule has 1 aliphatic heterocycles. The predicted octanol–water partition coefficient (Wildman–Crippen LogP) is 3.18. The second-order valence-corrected chi connectivity index (χ2v) is 8.74. The number of benzene rings is 1. The largest absolute Gasteiger partial charge is 0.321 e. The van der Waals surface area contributed by atoms with Crippen molar-refractivity contribution in [3.63, 3.8) is 0 Å². The number of carbonyl (C=O) groups excluding carboxylic acids is 2. The summed E-state index contributed by atoms with van der Waals surface area (Å²) in [6.07, 6.45) is 1.02. The Kier molecular flexibility index (Phi) is 5.20. The summed E-state index contributed by atoms with van der Waals surface area (Å²) >= 11 is 3.57. The van der Waals surface area contributed by atoms with E-state index in [9.17, 15) is 9.59 Å². The van der Waals surface area contributed by atoms with Crippen LogP contribution in [0.4, 0.5) is 5.69 Å². The summed E-state index contributed by atoms with van der Waals surface area (Å²) in [7, 11) is 0. The first kappa shape index (κ1) is 18.1. The Morgan fingerprint density at radius 2 is 1.93 bits per heavy atom. The number of Topliss-reactive ketones (excluding diaryl/α,β-unsaturated/α-hetero) is 1. The van der Waals surface area contributed by atoms with E-state index in [4.69, 9.17) is 0 Å². The highest BCUT2D eigenvalue weighted by Crippen LogP contribution is 2.31. The highest BCUT2D eigenvalue weighted by Gasteiger charge is 2.35. The predicted molar refractivity (Wildman–Crippen MR) is 110 cm³/mol. The summed E-state index contributed by atoms with van der Waals surface area (Å²) in [6.45, 7) is 2.91. The minimum absolute atomic E-state index is 0.000751. The third-order valence-electron chi connectivity index (χ3n) is 4.96. The van der Waals surface area contributed by atoms with Crippen LogP contribution in [0.5, 0.6) is 0 Å². The summed E-state index contributed by atoms with van der Waals surface area (Å²) in [5.74, 6) is 0.0248. The van der Waals surface area contributed by atoms with Gasteiger partial charge in [0.2, 0.25) is 0 Å². The lowest BCUT2D eigenvalue weighted by Crippen LogP contribution is -3.14. The Balaban J connectivity index is 1.49. The standard InChI is InChI=1S/C21H20N2O2S2/c1-14(24)15-4-6-16(7-5-15)22-20(25)13-23-10-8-18-17(9-12-27-18)21(23)19-3-2-11-26-19/h2-7,9,11-12,21H,8,10,13H2,1H3,(H,22,25)/p+1/t21-/m1/s1. The summed E-state index contributed by atoms with van der Waals surface area (Å²) in [4.78, 5) is 28.1. The number of nitrogens with one attached hydrogen (secondary N) is 2. The van der Waals surface area contributed by atoms with Gasteiger partial charge < -0.3 is 10.2 Å². The van der Waals surface area contributed by atoms with Crippen molar-refractivity contribution in [2.45, 2.75) is 19.4 Å². The van der Waals surface area contributed by atoms with Gasteiger partial charge in [-0.2, -0.15) is 0 Å². The molecule has 1 amide bonds. The number of carbonyl (C=O) groups is 2. The molecule has 1 unspecified atom stereocenters. The van der Waals surface area contributed by atoms with Crippen LogP contribution in [-0.4, -0.2) is 24.8 Å². The third-order valence-corrected chi connectivity index (χ3v) is 6.90. The normalized spacial score (nSPS) is 18.7. The number of thiophene rings is 2. The first-order chi connectivity index (χ1) is 13.1. The number of fused-ring (bicyclic) bond motifs is 1. The molecule has 6 heteroatoms. The molecule has 3 heterocycles. The highest BCUT2D eigenvalue weighted by molar-refractivity contribution is 7.10. The molecule has 2 atom stereocenters. The average Bonchev–Trinajstić information content (AvgIpc) is 3.33. The molecule has 0 fully saturated rings. The van der Waals surface area contributed by atoms with E-state index in [0.717, 1.165) is 18.7 Å². The Bertz CT molecular complexity index is 945. The summed E-state index contributed by atoms with van der Waals surface area (Å²) in [6, 6.07) is 13.8. The number of hydrogen-bond donors (Lipinski definition) is 2. The van der Waals surface area contributed by atoms with Crippen LogP contribution in [0, 0.1) is 0 Å². The summed E-state index contributed by atoms with van der Waals surface area (Å²) in [5.41, 5.74) is 2.74. The Morgan fingerprint density at radius 1 is 1.11 bits per heavy atom. The fourth-order valence-electron chi connectivity index (χ4n) is 3.65. The smallest absolute Gasteiger partial charge is 0.279 e. The lowest BCUT2D eigenvalue weighted by atomic mass is 9.98. The van der Waals surface area contributed by atoms with Crippen molar-refractivity contribution >= 4 is 40.1 Å². The lowest BCUT2D eigenvalue weighted by Gasteiger charge is -2.31. The molecule has 0 spiro atoms. The third kappa shape index (κ3) is 3.88. The minimum atomic E-state index is 0.000751. The zero-order valence-electron chi connectivity index (χ0n) is 15.0. The van der Waals surface area contributed by atoms with Crippen LogP contribution in [0.25, 0.3) is 0 Å². The zero-order valence-corrected chi connectivity index (χ0v) is 16.7. The highest BCUT2D eigenvalue weighted by atomic mass is 32.1. The topological polar surface area (TPSA) is 50.6 Å². The van der Waals surface area contributed by atoms with Crippen molar-refractivity contribution in [2.24, 2.45) is 0 Å². The van der Waals surface area contributed by atoms with E-state index in [2.05, 4.69) is 34.3 Å². The molecule has 0 bridgehead atoms. The fourth-order valence-corrected chi connectivity index (χ4v) is 5.47. The molecule has 27 heavy (non-hydrogen) atoms. The van der Waals surface area contributed by atoms with Crippen molar-refractivity contribution < 1.29 is 14.5 Å². The fraction of sp³-hybridized carbons (Fsp3) is 0.238. The molecule has 4 nitrogen and oxygen atoms in total. The molecule has 1 aliphatic rings. The molecule has 2 N–H and O–H groups in total. The summed E-state index contributed by atoms with van der Waals surface area (Å²) in [5, 5.41) is 7.23.